The highest BCUT2D eigenvalue weighted by Crippen LogP contribution is 2.23. The number of nitrogens with zero attached hydrogens (tertiary/aromatic N) is 2. The van der Waals surface area contributed by atoms with Crippen molar-refractivity contribution in [2.75, 3.05) is 0 Å². The van der Waals surface area contributed by atoms with E-state index in [0.717, 1.165) is 0 Å². The summed E-state index contributed by atoms with van der Waals surface area (Å²) in [4.78, 5) is 24.2. The molecule has 30 heavy (non-hydrogen) atoms. The monoisotopic (exact) mass is 420 g/mol. The van der Waals surface area contributed by atoms with Gasteiger partial charge >= 0.3 is 5.97 Å². The standard InChI is InChI=1S/C22H16N2O5S/c25-21-20-10-9-19(30(28,29)18-7-2-1-3-8-18)12-17(20)13-23-24(21)14-15-5-4-6-16(11-15)22(26)27/h1-13H,14H2,(H,26,27). The van der Waals surface area contributed by atoms with Crippen molar-refractivity contribution >= 4 is 26.6 Å². The summed E-state index contributed by atoms with van der Waals surface area (Å²) < 4.78 is 26.8. The van der Waals surface area contributed by atoms with Crippen LogP contribution in [0.15, 0.2) is 93.6 Å². The SMILES string of the molecule is O=C(O)c1cccc(Cn2ncc3cc(S(=O)(=O)c4ccccc4)ccc3c2=O)c1. The van der Waals surface area contributed by atoms with Gasteiger partial charge in [-0.15, -0.1) is 0 Å². The van der Waals surface area contributed by atoms with E-state index in [4.69, 9.17) is 5.11 Å². The topological polar surface area (TPSA) is 106 Å². The Morgan fingerprint density at radius 2 is 1.70 bits per heavy atom. The first-order chi connectivity index (χ1) is 14.4. The van der Waals surface area contributed by atoms with Crippen LogP contribution in [-0.4, -0.2) is 29.3 Å². The van der Waals surface area contributed by atoms with Gasteiger partial charge < -0.3 is 5.11 Å². The van der Waals surface area contributed by atoms with E-state index in [0.29, 0.717) is 16.3 Å². The molecule has 1 N–H and O–H groups in total. The van der Waals surface area contributed by atoms with Gasteiger partial charge in [-0.3, -0.25) is 4.79 Å². The lowest BCUT2D eigenvalue weighted by Gasteiger charge is -2.09. The molecule has 0 aliphatic rings. The van der Waals surface area contributed by atoms with Gasteiger partial charge in [-0.05, 0) is 48.0 Å². The lowest BCUT2D eigenvalue weighted by Crippen LogP contribution is -2.23. The van der Waals surface area contributed by atoms with Gasteiger partial charge in [-0.25, -0.2) is 17.9 Å². The first-order valence-electron chi connectivity index (χ1n) is 8.98. The Labute approximate surface area is 171 Å². The normalized spacial score (nSPS) is 11.5. The third-order valence-corrected chi connectivity index (χ3v) is 6.46. The number of aromatic carboxylic acids is 1. The maximum atomic E-state index is 12.8. The number of hydrogen-bond donors (Lipinski definition) is 1. The molecule has 0 aliphatic carbocycles. The lowest BCUT2D eigenvalue weighted by atomic mass is 10.1. The minimum atomic E-state index is -3.71. The van der Waals surface area contributed by atoms with Crippen molar-refractivity contribution in [3.63, 3.8) is 0 Å². The average Bonchev–Trinajstić information content (AvgIpc) is 2.76. The molecule has 1 heterocycles. The fourth-order valence-corrected chi connectivity index (χ4v) is 4.47. The van der Waals surface area contributed by atoms with E-state index >= 15 is 0 Å². The van der Waals surface area contributed by atoms with Gasteiger partial charge in [0, 0.05) is 5.39 Å². The molecule has 0 radical (unpaired) electrons. The van der Waals surface area contributed by atoms with Crippen LogP contribution in [-0.2, 0) is 16.4 Å². The van der Waals surface area contributed by atoms with Crippen molar-refractivity contribution in [2.24, 2.45) is 0 Å². The molecule has 4 rings (SSSR count). The molecule has 0 spiro atoms. The van der Waals surface area contributed by atoms with E-state index in [2.05, 4.69) is 5.10 Å². The van der Waals surface area contributed by atoms with Gasteiger partial charge in [-0.2, -0.15) is 5.10 Å². The van der Waals surface area contributed by atoms with Crippen molar-refractivity contribution in [3.8, 4) is 0 Å². The number of fused-ring (bicyclic) bond motifs is 1. The fraction of sp³-hybridized carbons (Fsp3) is 0.0455. The van der Waals surface area contributed by atoms with Crippen molar-refractivity contribution < 1.29 is 18.3 Å². The molecule has 1 aromatic heterocycles. The van der Waals surface area contributed by atoms with Gasteiger partial charge in [0.05, 0.1) is 33.5 Å². The molecule has 4 aromatic rings. The van der Waals surface area contributed by atoms with Crippen molar-refractivity contribution in [1.82, 2.24) is 9.78 Å². The van der Waals surface area contributed by atoms with Crippen LogP contribution in [0.2, 0.25) is 0 Å². The van der Waals surface area contributed by atoms with E-state index in [1.807, 2.05) is 0 Å². The Morgan fingerprint density at radius 1 is 0.933 bits per heavy atom. The molecule has 0 bridgehead atoms. The molecule has 0 saturated carbocycles. The number of carboxylic acids is 1. The van der Waals surface area contributed by atoms with Gasteiger partial charge in [0.25, 0.3) is 5.56 Å². The summed E-state index contributed by atoms with van der Waals surface area (Å²) in [5, 5.41) is 14.0. The number of carbonyl (C=O) groups is 1. The molecule has 0 fully saturated rings. The van der Waals surface area contributed by atoms with E-state index in [1.54, 1.807) is 30.3 Å². The Morgan fingerprint density at radius 3 is 2.43 bits per heavy atom. The third kappa shape index (κ3) is 3.60. The molecular weight excluding hydrogens is 404 g/mol. The molecule has 0 unspecified atom stereocenters. The number of benzene rings is 3. The number of sulfone groups is 1. The van der Waals surface area contributed by atoms with E-state index in [-0.39, 0.29) is 21.9 Å². The van der Waals surface area contributed by atoms with Crippen LogP contribution in [0.1, 0.15) is 15.9 Å². The molecule has 3 aromatic carbocycles. The quantitative estimate of drug-likeness (QED) is 0.532. The first kappa shape index (κ1) is 19.5. The smallest absolute Gasteiger partial charge is 0.335 e. The fourth-order valence-electron chi connectivity index (χ4n) is 3.16. The van der Waals surface area contributed by atoms with Gasteiger partial charge in [-0.1, -0.05) is 30.3 Å². The third-order valence-electron chi connectivity index (χ3n) is 4.69. The summed E-state index contributed by atoms with van der Waals surface area (Å²) in [6.07, 6.45) is 1.43. The lowest BCUT2D eigenvalue weighted by molar-refractivity contribution is 0.0696. The summed E-state index contributed by atoms with van der Waals surface area (Å²) in [7, 11) is -3.71. The maximum absolute atomic E-state index is 12.8. The highest BCUT2D eigenvalue weighted by Gasteiger charge is 2.18. The Bertz CT molecular complexity index is 1430. The Balaban J connectivity index is 1.73. The second-order valence-corrected chi connectivity index (χ2v) is 8.63. The zero-order valence-electron chi connectivity index (χ0n) is 15.6. The van der Waals surface area contributed by atoms with Crippen molar-refractivity contribution in [1.29, 1.82) is 0 Å². The highest BCUT2D eigenvalue weighted by molar-refractivity contribution is 7.91. The van der Waals surface area contributed by atoms with Crippen LogP contribution in [0.25, 0.3) is 10.8 Å². The second kappa shape index (κ2) is 7.57. The van der Waals surface area contributed by atoms with Gasteiger partial charge in [0.1, 0.15) is 0 Å². The first-order valence-corrected chi connectivity index (χ1v) is 10.5. The molecular formula is C22H16N2O5S. The molecule has 0 amide bonds. The largest absolute Gasteiger partial charge is 0.478 e. The van der Waals surface area contributed by atoms with Gasteiger partial charge in [0.2, 0.25) is 9.84 Å². The van der Waals surface area contributed by atoms with Crippen LogP contribution in [0.3, 0.4) is 0 Å². The minimum absolute atomic E-state index is 0.0781. The van der Waals surface area contributed by atoms with E-state index < -0.39 is 21.4 Å². The molecule has 0 aliphatic heterocycles. The molecule has 7 nitrogen and oxygen atoms in total. The number of rotatable bonds is 5. The van der Waals surface area contributed by atoms with Crippen molar-refractivity contribution in [3.05, 3.63) is 100 Å². The number of hydrogen-bond acceptors (Lipinski definition) is 5. The second-order valence-electron chi connectivity index (χ2n) is 6.68. The van der Waals surface area contributed by atoms with Crippen LogP contribution in [0.5, 0.6) is 0 Å². The summed E-state index contributed by atoms with van der Waals surface area (Å²) >= 11 is 0. The molecule has 0 saturated heterocycles. The predicted octanol–water partition coefficient (Wildman–Crippen LogP) is 2.98. The van der Waals surface area contributed by atoms with Gasteiger partial charge in [0.15, 0.2) is 0 Å². The average molecular weight is 420 g/mol. The van der Waals surface area contributed by atoms with E-state index in [1.165, 1.54) is 53.3 Å². The van der Waals surface area contributed by atoms with Crippen LogP contribution >= 0.6 is 0 Å². The summed E-state index contributed by atoms with van der Waals surface area (Å²) in [6.45, 7) is 0.0972. The molecule has 0 atom stereocenters. The van der Waals surface area contributed by atoms with Crippen molar-refractivity contribution in [2.45, 2.75) is 16.3 Å². The highest BCUT2D eigenvalue weighted by atomic mass is 32.2. The maximum Gasteiger partial charge on any atom is 0.335 e. The summed E-state index contributed by atoms with van der Waals surface area (Å²) in [5.74, 6) is -1.05. The predicted molar refractivity (Wildman–Crippen MR) is 110 cm³/mol. The zero-order valence-corrected chi connectivity index (χ0v) is 16.4. The minimum Gasteiger partial charge on any atom is -0.478 e. The van der Waals surface area contributed by atoms with Crippen LogP contribution < -0.4 is 5.56 Å². The Hall–Kier alpha value is -3.78. The van der Waals surface area contributed by atoms with Crippen LogP contribution in [0, 0.1) is 0 Å². The number of aromatic nitrogens is 2. The summed E-state index contributed by atoms with van der Waals surface area (Å²) in [6, 6.07) is 18.6. The van der Waals surface area contributed by atoms with Crippen LogP contribution in [0.4, 0.5) is 0 Å². The summed E-state index contributed by atoms with van der Waals surface area (Å²) in [5.41, 5.74) is 0.348. The molecule has 150 valence electrons. The Kier molecular flexibility index (Phi) is 4.93. The zero-order chi connectivity index (χ0) is 21.3. The molecule has 8 heteroatoms. The number of carboxylic acid groups (broad SMARTS) is 1. The van der Waals surface area contributed by atoms with E-state index in [9.17, 15) is 18.0 Å².